The topological polar surface area (TPSA) is 87.4 Å². The first-order valence-corrected chi connectivity index (χ1v) is 9.40. The Balaban J connectivity index is 2.05. The normalized spacial score (nSPS) is 28.2. The average Bonchev–Trinajstić information content (AvgIpc) is 3.22. The van der Waals surface area contributed by atoms with E-state index >= 15 is 0 Å². The lowest BCUT2D eigenvalue weighted by molar-refractivity contribution is -0.150. The fraction of sp³-hybridized carbons (Fsp3) is 0.500. The van der Waals surface area contributed by atoms with Crippen LogP contribution >= 0.6 is 11.8 Å². The molecule has 0 unspecified atom stereocenters. The number of methoxy groups -OCH3 is 2. The van der Waals surface area contributed by atoms with Crippen molar-refractivity contribution in [3.05, 3.63) is 17.9 Å². The maximum atomic E-state index is 14.1. The van der Waals surface area contributed by atoms with Gasteiger partial charge in [-0.1, -0.05) is 11.8 Å². The van der Waals surface area contributed by atoms with E-state index in [1.54, 1.807) is 13.0 Å². The zero-order chi connectivity index (χ0) is 20.3. The molecule has 0 saturated carbocycles. The molecule has 1 aromatic carbocycles. The van der Waals surface area contributed by atoms with Crippen molar-refractivity contribution in [2.24, 2.45) is 0 Å². The molecule has 0 aliphatic carbocycles. The Morgan fingerprint density at radius 1 is 1.39 bits per heavy atom. The van der Waals surface area contributed by atoms with E-state index in [1.165, 1.54) is 20.5 Å². The number of furan rings is 1. The Morgan fingerprint density at radius 2 is 2.11 bits per heavy atom. The second-order valence-corrected chi connectivity index (χ2v) is 7.90. The van der Waals surface area contributed by atoms with E-state index < -0.39 is 34.6 Å². The highest BCUT2D eigenvalue weighted by Crippen LogP contribution is 2.66. The molecule has 1 fully saturated rings. The number of thioether (sulfide) groups is 1. The van der Waals surface area contributed by atoms with Gasteiger partial charge in [0.2, 0.25) is 10.7 Å². The molecule has 28 heavy (non-hydrogen) atoms. The predicted molar refractivity (Wildman–Crippen MR) is 95.2 cm³/mol. The molecule has 2 bridgehead atoms. The van der Waals surface area contributed by atoms with Gasteiger partial charge in [-0.25, -0.2) is 8.78 Å². The molecule has 0 amide bonds. The van der Waals surface area contributed by atoms with E-state index in [4.69, 9.17) is 23.4 Å². The van der Waals surface area contributed by atoms with Gasteiger partial charge in [0.05, 0.1) is 38.0 Å². The van der Waals surface area contributed by atoms with Gasteiger partial charge < -0.3 is 28.5 Å². The fourth-order valence-electron chi connectivity index (χ4n) is 3.90. The van der Waals surface area contributed by atoms with Crippen LogP contribution in [0.25, 0.3) is 11.0 Å². The first-order valence-electron chi connectivity index (χ1n) is 8.52. The van der Waals surface area contributed by atoms with Gasteiger partial charge in [0, 0.05) is 6.42 Å². The lowest BCUT2D eigenvalue weighted by Crippen LogP contribution is -2.46. The Bertz CT molecular complexity index is 946. The van der Waals surface area contributed by atoms with Gasteiger partial charge in [0.1, 0.15) is 16.6 Å². The van der Waals surface area contributed by atoms with Gasteiger partial charge in [0.15, 0.2) is 11.3 Å². The van der Waals surface area contributed by atoms with E-state index in [1.807, 2.05) is 0 Å². The quantitative estimate of drug-likeness (QED) is 0.745. The second-order valence-electron chi connectivity index (χ2n) is 6.50. The number of ether oxygens (including phenoxy) is 4. The van der Waals surface area contributed by atoms with Crippen molar-refractivity contribution in [1.29, 1.82) is 0 Å². The lowest BCUT2D eigenvalue weighted by Gasteiger charge is -2.38. The third kappa shape index (κ3) is 2.33. The highest BCUT2D eigenvalue weighted by Gasteiger charge is 2.69. The first-order chi connectivity index (χ1) is 13.3. The fourth-order valence-corrected chi connectivity index (χ4v) is 5.40. The Labute approximate surface area is 162 Å². The van der Waals surface area contributed by atoms with E-state index in [0.29, 0.717) is 17.1 Å². The van der Waals surface area contributed by atoms with Crippen molar-refractivity contribution >= 4 is 28.7 Å². The minimum absolute atomic E-state index is 0.0442. The third-order valence-corrected chi connectivity index (χ3v) is 6.62. The van der Waals surface area contributed by atoms with Crippen LogP contribution in [0, 0.1) is 0 Å². The van der Waals surface area contributed by atoms with E-state index in [2.05, 4.69) is 0 Å². The SMILES string of the molecule is CCOC(=O)[C@@H]1S[C@]2(C(F)F)C[C@]1(O)c1c(c(OC)c3occc3c1OC)O2. The summed E-state index contributed by atoms with van der Waals surface area (Å²) in [5, 5.41) is 10.7. The van der Waals surface area contributed by atoms with Crippen LogP contribution < -0.4 is 14.2 Å². The number of esters is 1. The molecule has 10 heteroatoms. The summed E-state index contributed by atoms with van der Waals surface area (Å²) in [7, 11) is 2.70. The molecule has 3 atom stereocenters. The highest BCUT2D eigenvalue weighted by atomic mass is 32.2. The zero-order valence-electron chi connectivity index (χ0n) is 15.3. The number of carbonyl (C=O) groups excluding carboxylic acids is 1. The largest absolute Gasteiger partial charge is 0.495 e. The average molecular weight is 416 g/mol. The van der Waals surface area contributed by atoms with E-state index in [0.717, 1.165) is 0 Å². The van der Waals surface area contributed by atoms with Crippen LogP contribution in [0.5, 0.6) is 17.2 Å². The Kier molecular flexibility index (Phi) is 4.38. The molecule has 1 aromatic heterocycles. The highest BCUT2D eigenvalue weighted by molar-refractivity contribution is 8.02. The van der Waals surface area contributed by atoms with E-state index in [-0.39, 0.29) is 35.0 Å². The molecule has 1 N–H and O–H groups in total. The molecular formula is C18H18F2O7S. The molecule has 2 aromatic rings. The smallest absolute Gasteiger partial charge is 0.322 e. The number of benzene rings is 1. The number of hydrogen-bond acceptors (Lipinski definition) is 8. The van der Waals surface area contributed by atoms with Gasteiger partial charge in [-0.3, -0.25) is 4.79 Å². The van der Waals surface area contributed by atoms with Crippen molar-refractivity contribution in [2.45, 2.75) is 35.6 Å². The van der Waals surface area contributed by atoms with Gasteiger partial charge in [-0.05, 0) is 13.0 Å². The molecule has 4 rings (SSSR count). The van der Waals surface area contributed by atoms with Crippen molar-refractivity contribution < 1.29 is 42.0 Å². The summed E-state index contributed by atoms with van der Waals surface area (Å²) in [5.74, 6) is -0.719. The van der Waals surface area contributed by atoms with Crippen LogP contribution in [0.2, 0.25) is 0 Å². The minimum atomic E-state index is -2.99. The summed E-state index contributed by atoms with van der Waals surface area (Å²) in [6.07, 6.45) is -2.12. The van der Waals surface area contributed by atoms with Crippen molar-refractivity contribution in [1.82, 2.24) is 0 Å². The van der Waals surface area contributed by atoms with Crippen molar-refractivity contribution in [2.75, 3.05) is 20.8 Å². The number of alkyl halides is 2. The maximum absolute atomic E-state index is 14.1. The molecule has 0 radical (unpaired) electrons. The minimum Gasteiger partial charge on any atom is -0.495 e. The number of aliphatic hydroxyl groups is 1. The van der Waals surface area contributed by atoms with E-state index in [9.17, 15) is 18.7 Å². The van der Waals surface area contributed by atoms with Gasteiger partial charge in [-0.2, -0.15) is 0 Å². The molecule has 3 heterocycles. The maximum Gasteiger partial charge on any atom is 0.322 e. The van der Waals surface area contributed by atoms with Crippen LogP contribution in [0.15, 0.2) is 16.7 Å². The molecule has 7 nitrogen and oxygen atoms in total. The van der Waals surface area contributed by atoms with Crippen LogP contribution in [0.4, 0.5) is 8.78 Å². The van der Waals surface area contributed by atoms with Gasteiger partial charge in [0.25, 0.3) is 6.43 Å². The van der Waals surface area contributed by atoms with Crippen molar-refractivity contribution in [3.63, 3.8) is 0 Å². The van der Waals surface area contributed by atoms with Crippen LogP contribution in [-0.4, -0.2) is 48.5 Å². The van der Waals surface area contributed by atoms with Crippen LogP contribution in [0.3, 0.4) is 0 Å². The molecule has 0 spiro atoms. The first kappa shape index (κ1) is 19.1. The summed E-state index contributed by atoms with van der Waals surface area (Å²) in [5.41, 5.74) is -1.71. The summed E-state index contributed by atoms with van der Waals surface area (Å²) in [6.45, 7) is 1.64. The van der Waals surface area contributed by atoms with Crippen LogP contribution in [-0.2, 0) is 15.1 Å². The zero-order valence-corrected chi connectivity index (χ0v) is 16.1. The number of rotatable bonds is 5. The lowest BCUT2D eigenvalue weighted by atomic mass is 9.81. The number of fused-ring (bicyclic) bond motifs is 5. The predicted octanol–water partition coefficient (Wildman–Crippen LogP) is 3.06. The summed E-state index contributed by atoms with van der Waals surface area (Å²) < 4.78 is 55.1. The third-order valence-electron chi connectivity index (χ3n) is 4.99. The number of carbonyl (C=O) groups is 1. The second kappa shape index (κ2) is 6.41. The summed E-state index contributed by atoms with van der Waals surface area (Å²) in [4.78, 5) is 10.4. The Hall–Kier alpha value is -2.20. The summed E-state index contributed by atoms with van der Waals surface area (Å²) in [6, 6.07) is 1.59. The summed E-state index contributed by atoms with van der Waals surface area (Å²) >= 11 is 0.549. The molecule has 152 valence electrons. The number of hydrogen-bond donors (Lipinski definition) is 1. The number of halogens is 2. The molecule has 2 aliphatic heterocycles. The Morgan fingerprint density at radius 3 is 2.71 bits per heavy atom. The molecule has 2 aliphatic rings. The van der Waals surface area contributed by atoms with Gasteiger partial charge in [-0.15, -0.1) is 0 Å². The molecular weight excluding hydrogens is 398 g/mol. The van der Waals surface area contributed by atoms with Crippen LogP contribution in [0.1, 0.15) is 18.9 Å². The monoisotopic (exact) mass is 416 g/mol. The molecule has 1 saturated heterocycles. The standard InChI is InChI=1S/C18H18F2O7S/c1-4-25-15(21)14-17(22)7-18(28-14,16(19)20)27-12-9(17)10(23-2)8-5-6-26-11(8)13(12)24-3/h5-6,14,16,22H,4,7H2,1-3H3/t14-,17-,18-/m0/s1. The van der Waals surface area contributed by atoms with Gasteiger partial charge >= 0.3 is 5.97 Å². The van der Waals surface area contributed by atoms with Crippen molar-refractivity contribution in [3.8, 4) is 17.2 Å².